The zero-order valence-corrected chi connectivity index (χ0v) is 19.3. The van der Waals surface area contributed by atoms with Crippen molar-refractivity contribution in [1.82, 2.24) is 15.0 Å². The first-order chi connectivity index (χ1) is 16.8. The van der Waals surface area contributed by atoms with E-state index in [1.54, 1.807) is 0 Å². The number of hydrogen-bond acceptors (Lipinski definition) is 4. The summed E-state index contributed by atoms with van der Waals surface area (Å²) in [7, 11) is 23.5. The van der Waals surface area contributed by atoms with Crippen molar-refractivity contribution in [3.05, 3.63) is 69.7 Å². The molecule has 0 aliphatic carbocycles. The lowest BCUT2D eigenvalue weighted by Crippen LogP contribution is -2.65. The fraction of sp³-hybridized carbons (Fsp3) is 0.273. The van der Waals surface area contributed by atoms with Crippen LogP contribution in [-0.4, -0.2) is 70.3 Å². The van der Waals surface area contributed by atoms with Crippen molar-refractivity contribution in [3.63, 3.8) is 0 Å². The Balaban J connectivity index is 1.53. The molecule has 0 saturated carbocycles. The second kappa shape index (κ2) is 9.10. The first kappa shape index (κ1) is 26.0. The van der Waals surface area contributed by atoms with Crippen LogP contribution in [0.4, 0.5) is 8.78 Å². The van der Waals surface area contributed by atoms with Gasteiger partial charge in [0.15, 0.2) is 0 Å². The van der Waals surface area contributed by atoms with Crippen molar-refractivity contribution in [2.24, 2.45) is 0 Å². The van der Waals surface area contributed by atoms with Crippen molar-refractivity contribution in [3.8, 4) is 0 Å². The van der Waals surface area contributed by atoms with Crippen molar-refractivity contribution in [2.45, 2.75) is 36.1 Å². The summed E-state index contributed by atoms with van der Waals surface area (Å²) in [6.45, 7) is -0.166. The van der Waals surface area contributed by atoms with Crippen LogP contribution in [0.3, 0.4) is 0 Å². The van der Waals surface area contributed by atoms with Crippen LogP contribution in [0.25, 0.3) is 0 Å². The van der Waals surface area contributed by atoms with Gasteiger partial charge in [-0.3, -0.25) is 19.2 Å². The van der Waals surface area contributed by atoms with Crippen LogP contribution in [0.2, 0.25) is 10.8 Å². The van der Waals surface area contributed by atoms with Crippen molar-refractivity contribution >= 4 is 66.7 Å². The first-order valence-electron chi connectivity index (χ1n) is 10.6. The number of carbonyl (C=O) groups excluding carboxylic acids is 4. The normalized spacial score (nSPS) is 23.0. The summed E-state index contributed by atoms with van der Waals surface area (Å²) in [5, 5.41) is 2.29. The van der Waals surface area contributed by atoms with E-state index < -0.39 is 52.3 Å². The Morgan fingerprint density at radius 2 is 1.81 bits per heavy atom. The van der Waals surface area contributed by atoms with Crippen LogP contribution in [0.1, 0.15) is 39.4 Å². The smallest absolute Gasteiger partial charge is 0.349 e. The Morgan fingerprint density at radius 1 is 1.17 bits per heavy atom. The number of fused-ring (bicyclic) bond motifs is 1. The number of piperidine rings is 1. The maximum absolute atomic E-state index is 14.6. The van der Waals surface area contributed by atoms with Gasteiger partial charge in [-0.2, -0.15) is 8.78 Å². The van der Waals surface area contributed by atoms with Gasteiger partial charge in [-0.05, 0) is 35.7 Å². The van der Waals surface area contributed by atoms with Gasteiger partial charge < -0.3 is 15.0 Å². The number of carbonyl (C=O) groups is 4. The van der Waals surface area contributed by atoms with Gasteiger partial charge >= 0.3 is 5.92 Å². The van der Waals surface area contributed by atoms with Crippen LogP contribution in [0.5, 0.6) is 0 Å². The van der Waals surface area contributed by atoms with Gasteiger partial charge in [0.25, 0.3) is 11.8 Å². The minimum Gasteiger partial charge on any atom is -0.352 e. The zero-order valence-electron chi connectivity index (χ0n) is 18.6. The number of alkyl halides is 2. The first-order valence-corrected chi connectivity index (χ1v) is 11.0. The fourth-order valence-corrected chi connectivity index (χ4v) is 4.31. The maximum Gasteiger partial charge on any atom is 0.349 e. The SMILES string of the molecule is [B]C1C[C@]([B])(N2Cc3cc(C([B])NC(=O)C(F)(F)c4ccc(Cl)cc4)ccc3C2=O)C(=O)N([B])C1=O. The highest BCUT2D eigenvalue weighted by Gasteiger charge is 2.51. The molecule has 2 aliphatic heterocycles. The molecule has 1 saturated heterocycles. The van der Waals surface area contributed by atoms with E-state index in [-0.39, 0.29) is 29.1 Å². The zero-order chi connectivity index (χ0) is 26.6. The van der Waals surface area contributed by atoms with Gasteiger partial charge in [0.2, 0.25) is 19.8 Å². The van der Waals surface area contributed by atoms with Crippen LogP contribution < -0.4 is 5.32 Å². The minimum atomic E-state index is -3.89. The average molecular weight is 501 g/mol. The topological polar surface area (TPSA) is 86.8 Å². The molecule has 3 atom stereocenters. The number of rotatable bonds is 5. The summed E-state index contributed by atoms with van der Waals surface area (Å²) in [5.41, 5.74) is -1.77. The minimum absolute atomic E-state index is 0.166. The Morgan fingerprint density at radius 3 is 2.44 bits per heavy atom. The molecule has 2 heterocycles. The highest BCUT2D eigenvalue weighted by atomic mass is 35.5. The molecule has 174 valence electrons. The predicted octanol–water partition coefficient (Wildman–Crippen LogP) is 1.04. The Labute approximate surface area is 215 Å². The molecule has 2 aliphatic rings. The quantitative estimate of drug-likeness (QED) is 0.491. The van der Waals surface area contributed by atoms with Gasteiger partial charge in [0, 0.05) is 34.5 Å². The van der Waals surface area contributed by atoms with Gasteiger partial charge in [-0.15, -0.1) is 0 Å². The average Bonchev–Trinajstić information content (AvgIpc) is 3.18. The van der Waals surface area contributed by atoms with Crippen molar-refractivity contribution < 1.29 is 28.0 Å². The molecule has 14 heteroatoms. The largest absolute Gasteiger partial charge is 0.352 e. The molecule has 2 aromatic rings. The van der Waals surface area contributed by atoms with E-state index in [1.807, 2.05) is 0 Å². The van der Waals surface area contributed by atoms with Crippen LogP contribution in [-0.2, 0) is 26.9 Å². The van der Waals surface area contributed by atoms with E-state index in [4.69, 9.17) is 43.1 Å². The van der Waals surface area contributed by atoms with E-state index in [2.05, 4.69) is 5.32 Å². The highest BCUT2D eigenvalue weighted by molar-refractivity contribution is 6.42. The Hall–Kier alpha value is -3.07. The molecular weight excluding hydrogens is 487 g/mol. The lowest BCUT2D eigenvalue weighted by atomic mass is 9.61. The fourth-order valence-electron chi connectivity index (χ4n) is 4.18. The molecule has 1 fully saturated rings. The predicted molar refractivity (Wildman–Crippen MR) is 129 cm³/mol. The summed E-state index contributed by atoms with van der Waals surface area (Å²) >= 11 is 5.71. The van der Waals surface area contributed by atoms with E-state index in [0.717, 1.165) is 17.0 Å². The van der Waals surface area contributed by atoms with Crippen molar-refractivity contribution in [2.75, 3.05) is 0 Å². The highest BCUT2D eigenvalue weighted by Crippen LogP contribution is 2.38. The van der Waals surface area contributed by atoms with Gasteiger partial charge in [-0.1, -0.05) is 35.9 Å². The lowest BCUT2D eigenvalue weighted by Gasteiger charge is -2.46. The molecule has 7 nitrogen and oxygen atoms in total. The molecule has 1 N–H and O–H groups in total. The number of amides is 4. The van der Waals surface area contributed by atoms with Gasteiger partial charge in [0.05, 0.1) is 13.3 Å². The third-order valence-electron chi connectivity index (χ3n) is 6.23. The van der Waals surface area contributed by atoms with Crippen LogP contribution in [0.15, 0.2) is 42.5 Å². The lowest BCUT2D eigenvalue weighted by molar-refractivity contribution is -0.148. The number of benzene rings is 2. The van der Waals surface area contributed by atoms with E-state index >= 15 is 0 Å². The summed E-state index contributed by atoms with van der Waals surface area (Å²) < 4.78 is 29.2. The third kappa shape index (κ3) is 4.23. The summed E-state index contributed by atoms with van der Waals surface area (Å²) in [4.78, 5) is 51.2. The van der Waals surface area contributed by atoms with E-state index in [9.17, 15) is 28.0 Å². The number of hydrogen-bond donors (Lipinski definition) is 1. The molecule has 0 aromatic heterocycles. The number of nitrogens with zero attached hydrogens (tertiary/aromatic N) is 2. The van der Waals surface area contributed by atoms with Crippen molar-refractivity contribution in [1.29, 1.82) is 0 Å². The van der Waals surface area contributed by atoms with E-state index in [0.29, 0.717) is 10.4 Å². The summed E-state index contributed by atoms with van der Waals surface area (Å²) in [6, 6.07) is 8.70. The molecule has 36 heavy (non-hydrogen) atoms. The van der Waals surface area contributed by atoms with Crippen LogP contribution in [0, 0.1) is 0 Å². The third-order valence-corrected chi connectivity index (χ3v) is 6.48. The van der Waals surface area contributed by atoms with Gasteiger partial charge in [0.1, 0.15) is 15.7 Å². The standard InChI is InChI=1S/C22H14B4ClF2N3O4/c23-15-8-21(25,20(36)32(26)18(15)34)31-9-11-7-10(1-6-14(11)17(31)33)16(24)30-19(35)22(28,29)12-2-4-13(27)5-3-12/h1-7,15-16H,8-9H2,(H,30,35)/t15?,16?,21-/m0/s1. The molecule has 4 amide bonds. The molecule has 4 rings (SSSR count). The molecular formula is C22H14B4ClF2N3O4. The molecule has 0 bridgehead atoms. The molecule has 8 radical (unpaired) electrons. The van der Waals surface area contributed by atoms with E-state index in [1.165, 1.54) is 30.3 Å². The number of nitrogens with one attached hydrogen (secondary N) is 1. The maximum atomic E-state index is 14.6. The Kier molecular flexibility index (Phi) is 6.58. The van der Waals surface area contributed by atoms with Crippen LogP contribution >= 0.6 is 11.6 Å². The molecule has 2 unspecified atom stereocenters. The Bertz CT molecular complexity index is 1280. The molecule has 2 aromatic carbocycles. The van der Waals surface area contributed by atoms with Gasteiger partial charge in [-0.25, -0.2) is 0 Å². The second-order valence-corrected chi connectivity index (χ2v) is 9.03. The summed E-state index contributed by atoms with van der Waals surface area (Å²) in [5.74, 6) is -10.5. The number of imide groups is 1. The second-order valence-electron chi connectivity index (χ2n) is 8.59. The number of halogens is 3. The summed E-state index contributed by atoms with van der Waals surface area (Å²) in [6.07, 6.45) is -0.347. The molecule has 0 spiro atoms. The monoisotopic (exact) mass is 501 g/mol.